The van der Waals surface area contributed by atoms with E-state index in [2.05, 4.69) is 65.9 Å². The Balaban J connectivity index is 2.65. The summed E-state index contributed by atoms with van der Waals surface area (Å²) < 4.78 is 6.08. The predicted molar refractivity (Wildman–Crippen MR) is 83.1 cm³/mol. The molecule has 0 aliphatic heterocycles. The number of rotatable bonds is 6. The highest BCUT2D eigenvalue weighted by Crippen LogP contribution is 2.24. The van der Waals surface area contributed by atoms with Crippen LogP contribution in [0.2, 0.25) is 0 Å². The Morgan fingerprint density at radius 2 is 1.84 bits per heavy atom. The quantitative estimate of drug-likeness (QED) is 0.832. The van der Waals surface area contributed by atoms with Crippen LogP contribution in [-0.2, 0) is 0 Å². The molecule has 0 spiro atoms. The van der Waals surface area contributed by atoms with Crippen molar-refractivity contribution in [2.24, 2.45) is 0 Å². The summed E-state index contributed by atoms with van der Waals surface area (Å²) in [5, 5.41) is 3.55. The van der Waals surface area contributed by atoms with E-state index < -0.39 is 0 Å². The van der Waals surface area contributed by atoms with Crippen molar-refractivity contribution < 1.29 is 4.74 Å². The summed E-state index contributed by atoms with van der Waals surface area (Å²) in [5.74, 6) is 1.01. The topological polar surface area (TPSA) is 21.3 Å². The Bertz CT molecular complexity index is 424. The minimum Gasteiger partial charge on any atom is -0.489 e. The Hall–Kier alpha value is -1.02. The summed E-state index contributed by atoms with van der Waals surface area (Å²) in [4.78, 5) is 0. The lowest BCUT2D eigenvalue weighted by Crippen LogP contribution is -2.43. The number of benzene rings is 1. The molecule has 0 aromatic heterocycles. The summed E-state index contributed by atoms with van der Waals surface area (Å²) in [6, 6.07) is 4.33. The highest BCUT2D eigenvalue weighted by Gasteiger charge is 2.16. The van der Waals surface area contributed by atoms with Crippen LogP contribution >= 0.6 is 0 Å². The van der Waals surface area contributed by atoms with E-state index in [0.29, 0.717) is 0 Å². The average Bonchev–Trinajstić information content (AvgIpc) is 2.33. The highest BCUT2D eigenvalue weighted by atomic mass is 16.5. The lowest BCUT2D eigenvalue weighted by molar-refractivity contribution is 0.197. The van der Waals surface area contributed by atoms with Gasteiger partial charge in [0.05, 0.1) is 0 Å². The Kier molecular flexibility index (Phi) is 5.42. The number of hydrogen-bond acceptors (Lipinski definition) is 2. The van der Waals surface area contributed by atoms with Crippen molar-refractivity contribution >= 4 is 0 Å². The molecule has 1 aromatic rings. The van der Waals surface area contributed by atoms with Gasteiger partial charge in [0, 0.05) is 12.1 Å². The van der Waals surface area contributed by atoms with E-state index in [-0.39, 0.29) is 11.6 Å². The molecule has 2 heteroatoms. The molecule has 1 N–H and O–H groups in total. The minimum absolute atomic E-state index is 0.172. The highest BCUT2D eigenvalue weighted by molar-refractivity contribution is 5.42. The third-order valence-electron chi connectivity index (χ3n) is 3.84. The Labute approximate surface area is 118 Å². The summed E-state index contributed by atoms with van der Waals surface area (Å²) in [5.41, 5.74) is 3.97. The van der Waals surface area contributed by atoms with Crippen LogP contribution in [0.1, 0.15) is 50.8 Å². The van der Waals surface area contributed by atoms with Gasteiger partial charge >= 0.3 is 0 Å². The Morgan fingerprint density at radius 3 is 2.42 bits per heavy atom. The van der Waals surface area contributed by atoms with E-state index in [4.69, 9.17) is 4.74 Å². The molecule has 0 aliphatic rings. The van der Waals surface area contributed by atoms with E-state index in [1.807, 2.05) is 0 Å². The molecule has 0 aliphatic carbocycles. The van der Waals surface area contributed by atoms with Crippen LogP contribution in [0.25, 0.3) is 0 Å². The molecule has 0 saturated carbocycles. The zero-order chi connectivity index (χ0) is 14.6. The lowest BCUT2D eigenvalue weighted by Gasteiger charge is -2.27. The largest absolute Gasteiger partial charge is 0.489 e. The van der Waals surface area contributed by atoms with Crippen molar-refractivity contribution in [3.8, 4) is 5.75 Å². The van der Waals surface area contributed by atoms with Crippen molar-refractivity contribution in [2.75, 3.05) is 6.54 Å². The van der Waals surface area contributed by atoms with Gasteiger partial charge in [-0.2, -0.15) is 0 Å². The molecule has 0 fully saturated rings. The molecule has 0 heterocycles. The van der Waals surface area contributed by atoms with Gasteiger partial charge in [-0.1, -0.05) is 13.0 Å². The van der Waals surface area contributed by atoms with Gasteiger partial charge in [-0.15, -0.1) is 0 Å². The summed E-state index contributed by atoms with van der Waals surface area (Å²) in [6.45, 7) is 16.0. The maximum atomic E-state index is 6.08. The molecule has 0 amide bonds. The second kappa shape index (κ2) is 6.42. The summed E-state index contributed by atoms with van der Waals surface area (Å²) >= 11 is 0. The van der Waals surface area contributed by atoms with Gasteiger partial charge in [-0.25, -0.2) is 0 Å². The molecule has 1 aromatic carbocycles. The van der Waals surface area contributed by atoms with Crippen molar-refractivity contribution in [3.63, 3.8) is 0 Å². The zero-order valence-corrected chi connectivity index (χ0v) is 13.6. The van der Waals surface area contributed by atoms with E-state index in [1.165, 1.54) is 16.7 Å². The molecule has 1 atom stereocenters. The van der Waals surface area contributed by atoms with E-state index >= 15 is 0 Å². The van der Waals surface area contributed by atoms with Crippen molar-refractivity contribution in [1.82, 2.24) is 5.32 Å². The maximum absolute atomic E-state index is 6.08. The van der Waals surface area contributed by atoms with Gasteiger partial charge in [-0.05, 0) is 70.7 Å². The molecule has 1 unspecified atom stereocenters. The number of ether oxygens (including phenoxy) is 1. The third-order valence-corrected chi connectivity index (χ3v) is 3.84. The van der Waals surface area contributed by atoms with Crippen LogP contribution in [0.3, 0.4) is 0 Å². The SMILES string of the molecule is CCC(C)(C)NCC(C)Oc1cc(C)cc(C)c1C. The summed E-state index contributed by atoms with van der Waals surface area (Å²) in [7, 11) is 0. The normalized spacial score (nSPS) is 13.4. The van der Waals surface area contributed by atoms with E-state index in [9.17, 15) is 0 Å². The zero-order valence-electron chi connectivity index (χ0n) is 13.6. The van der Waals surface area contributed by atoms with Crippen LogP contribution in [0.4, 0.5) is 0 Å². The second-order valence-electron chi connectivity index (χ2n) is 6.25. The molecular weight excluding hydrogens is 234 g/mol. The monoisotopic (exact) mass is 263 g/mol. The molecule has 0 radical (unpaired) electrons. The van der Waals surface area contributed by atoms with Gasteiger partial charge in [0.1, 0.15) is 11.9 Å². The van der Waals surface area contributed by atoms with Gasteiger partial charge in [0.2, 0.25) is 0 Å². The number of hydrogen-bond donors (Lipinski definition) is 1. The first kappa shape index (κ1) is 16.0. The fourth-order valence-corrected chi connectivity index (χ4v) is 1.93. The first-order chi connectivity index (χ1) is 8.75. The van der Waals surface area contributed by atoms with E-state index in [1.54, 1.807) is 0 Å². The van der Waals surface area contributed by atoms with Crippen LogP contribution < -0.4 is 10.1 Å². The fraction of sp³-hybridized carbons (Fsp3) is 0.647. The number of nitrogens with one attached hydrogen (secondary N) is 1. The van der Waals surface area contributed by atoms with Crippen molar-refractivity contribution in [1.29, 1.82) is 0 Å². The van der Waals surface area contributed by atoms with Crippen LogP contribution in [0, 0.1) is 20.8 Å². The molecule has 108 valence electrons. The lowest BCUT2D eigenvalue weighted by atomic mass is 10.0. The third kappa shape index (κ3) is 4.87. The standard InChI is InChI=1S/C17H29NO/c1-8-17(6,7)18-11-14(4)19-16-10-12(2)9-13(3)15(16)5/h9-10,14,18H,8,11H2,1-7H3. The first-order valence-electron chi connectivity index (χ1n) is 7.24. The molecule has 1 rings (SSSR count). The fourth-order valence-electron chi connectivity index (χ4n) is 1.93. The molecule has 19 heavy (non-hydrogen) atoms. The second-order valence-corrected chi connectivity index (χ2v) is 6.25. The minimum atomic E-state index is 0.172. The maximum Gasteiger partial charge on any atom is 0.123 e. The summed E-state index contributed by atoms with van der Waals surface area (Å²) in [6.07, 6.45) is 1.29. The van der Waals surface area contributed by atoms with Crippen molar-refractivity contribution in [3.05, 3.63) is 28.8 Å². The predicted octanol–water partition coefficient (Wildman–Crippen LogP) is 4.16. The smallest absolute Gasteiger partial charge is 0.123 e. The average molecular weight is 263 g/mol. The van der Waals surface area contributed by atoms with Gasteiger partial charge in [0.15, 0.2) is 0 Å². The molecule has 0 bridgehead atoms. The van der Waals surface area contributed by atoms with Crippen LogP contribution in [0.5, 0.6) is 5.75 Å². The van der Waals surface area contributed by atoms with E-state index in [0.717, 1.165) is 18.7 Å². The molecule has 2 nitrogen and oxygen atoms in total. The van der Waals surface area contributed by atoms with Crippen LogP contribution in [-0.4, -0.2) is 18.2 Å². The number of aryl methyl sites for hydroxylation is 2. The Morgan fingerprint density at radius 1 is 1.21 bits per heavy atom. The van der Waals surface area contributed by atoms with Crippen molar-refractivity contribution in [2.45, 2.75) is 66.5 Å². The molecule has 0 saturated heterocycles. The van der Waals surface area contributed by atoms with Crippen LogP contribution in [0.15, 0.2) is 12.1 Å². The first-order valence-corrected chi connectivity index (χ1v) is 7.24. The van der Waals surface area contributed by atoms with Gasteiger partial charge < -0.3 is 10.1 Å². The molecular formula is C17H29NO. The van der Waals surface area contributed by atoms with Gasteiger partial charge in [-0.3, -0.25) is 0 Å². The van der Waals surface area contributed by atoms with Gasteiger partial charge in [0.25, 0.3) is 0 Å².